The van der Waals surface area contributed by atoms with Crippen LogP contribution in [0.4, 0.5) is 0 Å². The van der Waals surface area contributed by atoms with Crippen molar-refractivity contribution in [2.75, 3.05) is 0 Å². The zero-order valence-corrected chi connectivity index (χ0v) is 9.69. The number of aromatic nitrogens is 4. The molecular weight excluding hydrogens is 234 g/mol. The Morgan fingerprint density at radius 1 is 1.15 bits per heavy atom. The average Bonchev–Trinajstić information content (AvgIpc) is 2.28. The predicted molar refractivity (Wildman–Crippen MR) is 52.1 cm³/mol. The molecule has 7 heteroatoms. The van der Waals surface area contributed by atoms with Gasteiger partial charge in [0.15, 0.2) is 0 Å². The fraction of sp³-hybridized carbons (Fsp3) is 0.833. The highest BCUT2D eigenvalue weighted by molar-refractivity contribution is 6.66. The summed E-state index contributed by atoms with van der Waals surface area (Å²) >= 11 is 16.7. The quantitative estimate of drug-likeness (QED) is 0.657. The second kappa shape index (κ2) is 3.26. The average molecular weight is 244 g/mol. The van der Waals surface area contributed by atoms with Crippen LogP contribution in [0.1, 0.15) is 26.6 Å². The van der Waals surface area contributed by atoms with Crippen molar-refractivity contribution in [2.45, 2.75) is 30.1 Å². The summed E-state index contributed by atoms with van der Waals surface area (Å²) in [5, 5.41) is 11.4. The predicted octanol–water partition coefficient (Wildman–Crippen LogP) is 2.25. The van der Waals surface area contributed by atoms with Gasteiger partial charge in [-0.25, -0.2) is 0 Å². The minimum Gasteiger partial charge on any atom is -0.159 e. The van der Waals surface area contributed by atoms with Crippen molar-refractivity contribution >= 4 is 34.8 Å². The molecule has 0 saturated heterocycles. The summed E-state index contributed by atoms with van der Waals surface area (Å²) in [5.74, 6) is 0.0902. The number of alkyl halides is 3. The van der Waals surface area contributed by atoms with Gasteiger partial charge in [0.1, 0.15) is 0 Å². The fourth-order valence-electron chi connectivity index (χ4n) is 0.612. The smallest absolute Gasteiger partial charge is 0.159 e. The van der Waals surface area contributed by atoms with Gasteiger partial charge < -0.3 is 0 Å². The Morgan fingerprint density at radius 2 is 1.69 bits per heavy atom. The molecule has 1 aromatic heterocycles. The fourth-order valence-corrected chi connectivity index (χ4v) is 0.839. The van der Waals surface area contributed by atoms with Crippen LogP contribution >= 0.6 is 34.8 Å². The molecule has 0 N–H and O–H groups in total. The molecule has 0 aliphatic rings. The molecule has 1 rings (SSSR count). The normalized spacial score (nSPS) is 13.4. The maximum atomic E-state index is 5.57. The van der Waals surface area contributed by atoms with Gasteiger partial charge in [0, 0.05) is 0 Å². The highest BCUT2D eigenvalue weighted by atomic mass is 35.6. The summed E-state index contributed by atoms with van der Waals surface area (Å²) in [6, 6.07) is 0. The van der Waals surface area contributed by atoms with Crippen molar-refractivity contribution in [2.24, 2.45) is 0 Å². The molecule has 13 heavy (non-hydrogen) atoms. The number of halogens is 3. The van der Waals surface area contributed by atoms with Crippen molar-refractivity contribution in [1.29, 1.82) is 0 Å². The molecule has 1 aromatic rings. The van der Waals surface area contributed by atoms with E-state index in [1.165, 1.54) is 4.80 Å². The third-order valence-corrected chi connectivity index (χ3v) is 1.77. The van der Waals surface area contributed by atoms with Gasteiger partial charge in [-0.15, -0.1) is 10.2 Å². The number of tetrazole rings is 1. The monoisotopic (exact) mass is 242 g/mol. The zero-order chi connectivity index (χ0) is 10.3. The molecule has 0 atom stereocenters. The van der Waals surface area contributed by atoms with Crippen molar-refractivity contribution in [3.63, 3.8) is 0 Å². The maximum absolute atomic E-state index is 5.57. The van der Waals surface area contributed by atoms with E-state index in [-0.39, 0.29) is 11.4 Å². The van der Waals surface area contributed by atoms with Gasteiger partial charge >= 0.3 is 0 Å². The van der Waals surface area contributed by atoms with Crippen LogP contribution in [0.5, 0.6) is 0 Å². The molecule has 0 amide bonds. The summed E-state index contributed by atoms with van der Waals surface area (Å²) in [6.45, 7) is 5.78. The van der Waals surface area contributed by atoms with Crippen molar-refractivity contribution in [3.8, 4) is 0 Å². The third-order valence-electron chi connectivity index (χ3n) is 1.27. The van der Waals surface area contributed by atoms with Crippen LogP contribution in [0.3, 0.4) is 0 Å². The van der Waals surface area contributed by atoms with Crippen LogP contribution in [-0.4, -0.2) is 20.2 Å². The summed E-state index contributed by atoms with van der Waals surface area (Å²) in [4.78, 5) is 1.41. The Hall–Kier alpha value is -0.0600. The Labute approximate surface area is 91.1 Å². The summed E-state index contributed by atoms with van der Waals surface area (Å²) in [7, 11) is 0. The summed E-state index contributed by atoms with van der Waals surface area (Å²) < 4.78 is -1.61. The molecular formula is C6H9Cl3N4. The number of hydrogen-bond acceptors (Lipinski definition) is 3. The molecule has 0 aliphatic carbocycles. The van der Waals surface area contributed by atoms with Crippen LogP contribution in [0.15, 0.2) is 0 Å². The van der Waals surface area contributed by atoms with E-state index < -0.39 is 3.79 Å². The van der Waals surface area contributed by atoms with Crippen LogP contribution in [0.25, 0.3) is 0 Å². The van der Waals surface area contributed by atoms with Crippen molar-refractivity contribution < 1.29 is 0 Å². The van der Waals surface area contributed by atoms with Crippen LogP contribution in [0.2, 0.25) is 0 Å². The van der Waals surface area contributed by atoms with E-state index in [9.17, 15) is 0 Å². The molecule has 0 unspecified atom stereocenters. The molecule has 0 spiro atoms. The minimum absolute atomic E-state index is 0.0902. The standard InChI is InChI=1S/C6H9Cl3N4/c1-5(2,3)13-11-4(10-12-13)6(7,8)9/h1-3H3. The van der Waals surface area contributed by atoms with Crippen LogP contribution in [-0.2, 0) is 9.33 Å². The third kappa shape index (κ3) is 2.69. The largest absolute Gasteiger partial charge is 0.253 e. The van der Waals surface area contributed by atoms with E-state index >= 15 is 0 Å². The summed E-state index contributed by atoms with van der Waals surface area (Å²) in [6.07, 6.45) is 0. The highest BCUT2D eigenvalue weighted by Crippen LogP contribution is 2.35. The van der Waals surface area contributed by atoms with Gasteiger partial charge in [-0.2, -0.15) is 4.80 Å². The highest BCUT2D eigenvalue weighted by Gasteiger charge is 2.30. The molecule has 0 radical (unpaired) electrons. The molecule has 74 valence electrons. The van der Waals surface area contributed by atoms with Gasteiger partial charge in [-0.3, -0.25) is 0 Å². The first-order chi connectivity index (χ1) is 5.71. The Kier molecular flexibility index (Phi) is 2.76. The number of nitrogens with zero attached hydrogens (tertiary/aromatic N) is 4. The Bertz CT molecular complexity index is 267. The molecule has 0 aliphatic heterocycles. The van der Waals surface area contributed by atoms with E-state index in [0.717, 1.165) is 0 Å². The minimum atomic E-state index is -1.61. The first-order valence-corrected chi connectivity index (χ1v) is 4.72. The van der Waals surface area contributed by atoms with Gasteiger partial charge in [-0.1, -0.05) is 34.8 Å². The number of rotatable bonds is 0. The van der Waals surface area contributed by atoms with E-state index in [1.807, 2.05) is 20.8 Å². The lowest BCUT2D eigenvalue weighted by atomic mass is 10.1. The lowest BCUT2D eigenvalue weighted by molar-refractivity contribution is 0.305. The molecule has 4 nitrogen and oxygen atoms in total. The maximum Gasteiger partial charge on any atom is 0.253 e. The first kappa shape index (κ1) is 11.0. The van der Waals surface area contributed by atoms with Crippen LogP contribution < -0.4 is 0 Å². The lowest BCUT2D eigenvalue weighted by Crippen LogP contribution is -2.25. The topological polar surface area (TPSA) is 43.6 Å². The summed E-state index contributed by atoms with van der Waals surface area (Å²) in [5.41, 5.74) is -0.263. The second-order valence-electron chi connectivity index (χ2n) is 3.57. The van der Waals surface area contributed by atoms with Gasteiger partial charge in [-0.05, 0) is 26.0 Å². The molecule has 1 heterocycles. The first-order valence-electron chi connectivity index (χ1n) is 3.59. The lowest BCUT2D eigenvalue weighted by Gasteiger charge is -2.15. The SMILES string of the molecule is CC(C)(C)n1nnc(C(Cl)(Cl)Cl)n1. The Balaban J connectivity index is 3.01. The van der Waals surface area contributed by atoms with E-state index in [0.29, 0.717) is 0 Å². The second-order valence-corrected chi connectivity index (χ2v) is 5.85. The van der Waals surface area contributed by atoms with Crippen molar-refractivity contribution in [1.82, 2.24) is 20.2 Å². The van der Waals surface area contributed by atoms with Gasteiger partial charge in [0.05, 0.1) is 5.54 Å². The van der Waals surface area contributed by atoms with E-state index in [4.69, 9.17) is 34.8 Å². The van der Waals surface area contributed by atoms with E-state index in [1.54, 1.807) is 0 Å². The molecule has 0 aromatic carbocycles. The van der Waals surface area contributed by atoms with Gasteiger partial charge in [0.2, 0.25) is 5.82 Å². The molecule has 0 bridgehead atoms. The Morgan fingerprint density at radius 3 is 1.92 bits per heavy atom. The molecule has 0 fully saturated rings. The van der Waals surface area contributed by atoms with Gasteiger partial charge in [0.25, 0.3) is 3.79 Å². The van der Waals surface area contributed by atoms with Crippen molar-refractivity contribution in [3.05, 3.63) is 5.82 Å². The van der Waals surface area contributed by atoms with Crippen LogP contribution in [0, 0.1) is 0 Å². The zero-order valence-electron chi connectivity index (χ0n) is 7.42. The molecule has 0 saturated carbocycles. The number of hydrogen-bond donors (Lipinski definition) is 0. The van der Waals surface area contributed by atoms with E-state index in [2.05, 4.69) is 15.4 Å².